The average Bonchev–Trinajstić information content (AvgIpc) is 3.26. The van der Waals surface area contributed by atoms with E-state index in [1.165, 1.54) is 18.3 Å². The van der Waals surface area contributed by atoms with Crippen molar-refractivity contribution < 1.29 is 23.8 Å². The quantitative estimate of drug-likeness (QED) is 0.209. The highest BCUT2D eigenvalue weighted by molar-refractivity contribution is 7.22. The van der Waals surface area contributed by atoms with Gasteiger partial charge in [0.15, 0.2) is 16.6 Å². The highest BCUT2D eigenvalue weighted by Crippen LogP contribution is 2.50. The van der Waals surface area contributed by atoms with Gasteiger partial charge in [0.1, 0.15) is 0 Å². The van der Waals surface area contributed by atoms with Crippen molar-refractivity contribution in [3.63, 3.8) is 0 Å². The van der Waals surface area contributed by atoms with Crippen LogP contribution in [0.3, 0.4) is 0 Å². The zero-order valence-corrected chi connectivity index (χ0v) is 25.4. The van der Waals surface area contributed by atoms with Crippen LogP contribution in [0.2, 0.25) is 0 Å². The van der Waals surface area contributed by atoms with Crippen LogP contribution < -0.4 is 35.6 Å². The number of rotatable bonds is 10. The molecule has 1 atom stereocenters. The van der Waals surface area contributed by atoms with Gasteiger partial charge in [0.2, 0.25) is 23.0 Å². The van der Waals surface area contributed by atoms with Gasteiger partial charge in [-0.15, -0.1) is 0 Å². The van der Waals surface area contributed by atoms with E-state index in [2.05, 4.69) is 20.9 Å². The number of fused-ring (bicyclic) bond motifs is 4. The van der Waals surface area contributed by atoms with Gasteiger partial charge in [-0.3, -0.25) is 14.4 Å². The number of methoxy groups -OCH3 is 3. The predicted molar refractivity (Wildman–Crippen MR) is 169 cm³/mol. The first-order chi connectivity index (χ1) is 20.8. The standard InChI is InChI=1S/C32H34N4O6S/c1-18(37)34-22-13-11-19-16-26(40-2)30(41-3)31(42-4)29(19)20-12-14-23(25(38)17-21(20)22)33-15-7-10-28(39)36-32-35-24-8-5-6-9-27(24)43-32/h5-6,8-9,12,14,16-17,22H,7,10-11,13,15H2,1-4H3,(H,33,38)(H,34,37)(H,35,36,39)/t22-/m1/s1. The first-order valence-corrected chi connectivity index (χ1v) is 14.8. The molecule has 10 nitrogen and oxygen atoms in total. The molecular formula is C32H34N4O6S. The number of nitrogens with zero attached hydrogens (tertiary/aromatic N) is 1. The van der Waals surface area contributed by atoms with Crippen LogP contribution in [0.15, 0.2) is 53.3 Å². The molecule has 0 unspecified atom stereocenters. The smallest absolute Gasteiger partial charge is 0.226 e. The van der Waals surface area contributed by atoms with Gasteiger partial charge in [-0.2, -0.15) is 0 Å². The summed E-state index contributed by atoms with van der Waals surface area (Å²) in [7, 11) is 4.68. The maximum atomic E-state index is 13.4. The molecule has 43 heavy (non-hydrogen) atoms. The topological polar surface area (TPSA) is 128 Å². The zero-order chi connectivity index (χ0) is 30.5. The summed E-state index contributed by atoms with van der Waals surface area (Å²) in [5.41, 5.74) is 4.20. The van der Waals surface area contributed by atoms with E-state index in [9.17, 15) is 14.4 Å². The number of benzene rings is 2. The molecule has 1 aliphatic carbocycles. The molecule has 3 aromatic carbocycles. The number of thiazole rings is 1. The van der Waals surface area contributed by atoms with E-state index < -0.39 is 0 Å². The second kappa shape index (κ2) is 13.1. The fraction of sp³-hybridized carbons (Fsp3) is 0.312. The lowest BCUT2D eigenvalue weighted by molar-refractivity contribution is -0.119. The number of aryl methyl sites for hydroxylation is 1. The molecule has 0 saturated carbocycles. The first-order valence-electron chi connectivity index (χ1n) is 14.0. The molecule has 11 heteroatoms. The van der Waals surface area contributed by atoms with E-state index >= 15 is 0 Å². The molecule has 1 aromatic heterocycles. The normalized spacial score (nSPS) is 13.7. The lowest BCUT2D eigenvalue weighted by Crippen LogP contribution is -2.26. The number of ether oxygens (including phenoxy) is 3. The van der Waals surface area contributed by atoms with E-state index in [4.69, 9.17) is 14.2 Å². The number of hydrogen-bond acceptors (Lipinski definition) is 9. The Kier molecular flexibility index (Phi) is 9.10. The fourth-order valence-corrected chi connectivity index (χ4v) is 6.32. The minimum Gasteiger partial charge on any atom is -0.493 e. The largest absolute Gasteiger partial charge is 0.493 e. The fourth-order valence-electron chi connectivity index (χ4n) is 5.43. The number of amides is 2. The third-order valence-electron chi connectivity index (χ3n) is 7.35. The molecule has 5 rings (SSSR count). The molecule has 2 amide bonds. The third-order valence-corrected chi connectivity index (χ3v) is 8.30. The van der Waals surface area contributed by atoms with Crippen LogP contribution in [0.1, 0.15) is 43.4 Å². The second-order valence-corrected chi connectivity index (χ2v) is 11.2. The van der Waals surface area contributed by atoms with Crippen molar-refractivity contribution >= 4 is 44.2 Å². The van der Waals surface area contributed by atoms with Crippen molar-refractivity contribution in [2.45, 2.75) is 38.6 Å². The van der Waals surface area contributed by atoms with Gasteiger partial charge in [-0.05, 0) is 66.3 Å². The molecule has 0 spiro atoms. The number of anilines is 2. The summed E-state index contributed by atoms with van der Waals surface area (Å²) < 4.78 is 18.1. The Hall–Kier alpha value is -4.64. The number of carbonyl (C=O) groups excluding carboxylic acids is 2. The summed E-state index contributed by atoms with van der Waals surface area (Å²) in [5.74, 6) is 1.15. The van der Waals surface area contributed by atoms with E-state index in [-0.39, 0.29) is 29.7 Å². The van der Waals surface area contributed by atoms with Crippen LogP contribution in [0, 0.1) is 0 Å². The predicted octanol–water partition coefficient (Wildman–Crippen LogP) is 5.30. The van der Waals surface area contributed by atoms with Gasteiger partial charge in [-0.1, -0.05) is 29.5 Å². The van der Waals surface area contributed by atoms with Crippen molar-refractivity contribution in [2.24, 2.45) is 0 Å². The summed E-state index contributed by atoms with van der Waals surface area (Å²) in [6.45, 7) is 1.88. The number of nitrogens with one attached hydrogen (secondary N) is 3. The number of aromatic nitrogens is 1. The van der Waals surface area contributed by atoms with Crippen LogP contribution in [-0.2, 0) is 16.0 Å². The number of carbonyl (C=O) groups is 2. The summed E-state index contributed by atoms with van der Waals surface area (Å²) in [6.07, 6.45) is 1.97. The molecule has 1 aliphatic rings. The lowest BCUT2D eigenvalue weighted by Gasteiger charge is -2.19. The Morgan fingerprint density at radius 2 is 1.81 bits per heavy atom. The summed E-state index contributed by atoms with van der Waals surface area (Å²) in [6, 6.07) is 14.4. The first kappa shape index (κ1) is 29.8. The van der Waals surface area contributed by atoms with E-state index in [0.29, 0.717) is 59.4 Å². The van der Waals surface area contributed by atoms with Crippen LogP contribution in [0.25, 0.3) is 21.3 Å². The minimum atomic E-state index is -0.388. The van der Waals surface area contributed by atoms with Crippen LogP contribution in [0.4, 0.5) is 10.8 Å². The van der Waals surface area contributed by atoms with Gasteiger partial charge in [0.25, 0.3) is 0 Å². The van der Waals surface area contributed by atoms with Crippen LogP contribution in [-0.4, -0.2) is 44.7 Å². The van der Waals surface area contributed by atoms with Gasteiger partial charge >= 0.3 is 0 Å². The Morgan fingerprint density at radius 1 is 1.02 bits per heavy atom. The molecule has 0 saturated heterocycles. The maximum absolute atomic E-state index is 13.4. The Bertz CT molecular complexity index is 1700. The maximum Gasteiger partial charge on any atom is 0.226 e. The zero-order valence-electron chi connectivity index (χ0n) is 24.5. The van der Waals surface area contributed by atoms with E-state index in [0.717, 1.165) is 26.9 Å². The van der Waals surface area contributed by atoms with E-state index in [1.807, 2.05) is 36.4 Å². The van der Waals surface area contributed by atoms with Gasteiger partial charge in [0, 0.05) is 25.5 Å². The summed E-state index contributed by atoms with van der Waals surface area (Å²) in [4.78, 5) is 42.6. The molecule has 224 valence electrons. The Morgan fingerprint density at radius 3 is 2.53 bits per heavy atom. The van der Waals surface area contributed by atoms with Crippen molar-refractivity contribution in [1.82, 2.24) is 10.3 Å². The minimum absolute atomic E-state index is 0.139. The highest BCUT2D eigenvalue weighted by Gasteiger charge is 2.29. The van der Waals surface area contributed by atoms with Crippen LogP contribution in [0.5, 0.6) is 17.2 Å². The van der Waals surface area contributed by atoms with Crippen molar-refractivity contribution in [2.75, 3.05) is 38.5 Å². The molecular weight excluding hydrogens is 568 g/mol. The summed E-state index contributed by atoms with van der Waals surface area (Å²) >= 11 is 1.43. The third kappa shape index (κ3) is 6.41. The van der Waals surface area contributed by atoms with Crippen molar-refractivity contribution in [3.05, 3.63) is 69.9 Å². The number of para-hydroxylation sites is 1. The SMILES string of the molecule is COc1cc2c(c(OC)c1OC)-c1ccc(NCCCC(=O)Nc3nc4ccccc4s3)c(=O)cc1[C@H](NC(C)=O)CC2. The van der Waals surface area contributed by atoms with Crippen molar-refractivity contribution in [1.29, 1.82) is 0 Å². The highest BCUT2D eigenvalue weighted by atomic mass is 32.1. The molecule has 0 bridgehead atoms. The molecule has 4 aromatic rings. The van der Waals surface area contributed by atoms with E-state index in [1.54, 1.807) is 33.5 Å². The van der Waals surface area contributed by atoms with Gasteiger partial charge < -0.3 is 30.2 Å². The molecule has 0 radical (unpaired) electrons. The average molecular weight is 603 g/mol. The molecule has 0 aliphatic heterocycles. The monoisotopic (exact) mass is 602 g/mol. The Labute approximate surface area is 253 Å². The lowest BCUT2D eigenvalue weighted by atomic mass is 9.95. The summed E-state index contributed by atoms with van der Waals surface area (Å²) in [5, 5.41) is 9.63. The van der Waals surface area contributed by atoms with Gasteiger partial charge in [0.05, 0.1) is 43.3 Å². The van der Waals surface area contributed by atoms with Gasteiger partial charge in [-0.25, -0.2) is 4.98 Å². The molecule has 3 N–H and O–H groups in total. The molecule has 1 heterocycles. The number of hydrogen-bond donors (Lipinski definition) is 3. The van der Waals surface area contributed by atoms with Crippen molar-refractivity contribution in [3.8, 4) is 28.4 Å². The second-order valence-electron chi connectivity index (χ2n) is 10.2. The van der Waals surface area contributed by atoms with Crippen LogP contribution >= 0.6 is 11.3 Å². The molecule has 0 fully saturated rings. The Balaban J connectivity index is 1.39.